The lowest BCUT2D eigenvalue weighted by Crippen LogP contribution is -2.49. The van der Waals surface area contributed by atoms with Gasteiger partial charge in [-0.2, -0.15) is 0 Å². The Morgan fingerprint density at radius 3 is 2.61 bits per heavy atom. The van der Waals surface area contributed by atoms with Crippen LogP contribution in [0.4, 0.5) is 10.5 Å². The number of carbonyl (C=O) groups excluding carboxylic acids is 3. The summed E-state index contributed by atoms with van der Waals surface area (Å²) in [6.07, 6.45) is 6.52. The van der Waals surface area contributed by atoms with Gasteiger partial charge in [0, 0.05) is 50.2 Å². The fourth-order valence-electron chi connectivity index (χ4n) is 4.58. The molecule has 2 aliphatic heterocycles. The monoisotopic (exact) mass is 455 g/mol. The summed E-state index contributed by atoms with van der Waals surface area (Å²) in [6.45, 7) is 10.6. The average molecular weight is 456 g/mol. The van der Waals surface area contributed by atoms with Gasteiger partial charge >= 0.3 is 12.0 Å². The Kier molecular flexibility index (Phi) is 6.43. The second-order valence-corrected chi connectivity index (χ2v) is 9.95. The maximum Gasteiger partial charge on any atom is 0.328 e. The molecular formula is C24H33N5O4. The Balaban J connectivity index is 1.40. The molecule has 33 heavy (non-hydrogen) atoms. The molecular weight excluding hydrogens is 422 g/mol. The molecule has 9 heteroatoms. The van der Waals surface area contributed by atoms with Gasteiger partial charge in [0.05, 0.1) is 18.3 Å². The standard InChI is InChI=1S/C24H33N5O4/c1-16-15-29(17-5-9-27(10-6-17)11-8-21(31)33-24(2,3)4)22-19(16)13-18(14-25-22)28-12-7-20(30)26-23(28)32/h13-15,17H,5-12H2,1-4H3,(H,26,30,32). The van der Waals surface area contributed by atoms with Crippen molar-refractivity contribution in [3.05, 3.63) is 24.0 Å². The molecule has 4 heterocycles. The normalized spacial score (nSPS) is 18.6. The molecule has 0 unspecified atom stereocenters. The molecule has 0 bridgehead atoms. The van der Waals surface area contributed by atoms with E-state index >= 15 is 0 Å². The van der Waals surface area contributed by atoms with Gasteiger partial charge < -0.3 is 14.2 Å². The number of amides is 3. The fourth-order valence-corrected chi connectivity index (χ4v) is 4.58. The lowest BCUT2D eigenvalue weighted by atomic mass is 10.0. The van der Waals surface area contributed by atoms with E-state index in [1.54, 1.807) is 11.1 Å². The van der Waals surface area contributed by atoms with Crippen LogP contribution < -0.4 is 10.2 Å². The zero-order valence-corrected chi connectivity index (χ0v) is 19.9. The third kappa shape index (κ3) is 5.35. The number of carbonyl (C=O) groups is 3. The van der Waals surface area contributed by atoms with Crippen molar-refractivity contribution in [1.29, 1.82) is 0 Å². The summed E-state index contributed by atoms with van der Waals surface area (Å²) < 4.78 is 7.66. The van der Waals surface area contributed by atoms with Gasteiger partial charge in [-0.15, -0.1) is 0 Å². The highest BCUT2D eigenvalue weighted by Crippen LogP contribution is 2.31. The van der Waals surface area contributed by atoms with Gasteiger partial charge in [0.25, 0.3) is 0 Å². The van der Waals surface area contributed by atoms with Crippen LogP contribution in [0.25, 0.3) is 11.0 Å². The number of hydrogen-bond donors (Lipinski definition) is 1. The maximum atomic E-state index is 12.2. The number of piperidine rings is 1. The average Bonchev–Trinajstić information content (AvgIpc) is 3.07. The van der Waals surface area contributed by atoms with Crippen LogP contribution in [-0.2, 0) is 14.3 Å². The molecule has 0 aromatic carbocycles. The number of nitrogens with one attached hydrogen (secondary N) is 1. The van der Waals surface area contributed by atoms with Crippen molar-refractivity contribution in [2.24, 2.45) is 0 Å². The Morgan fingerprint density at radius 1 is 1.21 bits per heavy atom. The number of likely N-dealkylation sites (tertiary alicyclic amines) is 1. The summed E-state index contributed by atoms with van der Waals surface area (Å²) in [4.78, 5) is 44.2. The van der Waals surface area contributed by atoms with E-state index in [1.165, 1.54) is 0 Å². The van der Waals surface area contributed by atoms with Crippen LogP contribution in [0.15, 0.2) is 18.5 Å². The largest absolute Gasteiger partial charge is 0.460 e. The minimum atomic E-state index is -0.445. The van der Waals surface area contributed by atoms with Crippen LogP contribution >= 0.6 is 0 Å². The highest BCUT2D eigenvalue weighted by Gasteiger charge is 2.27. The molecule has 0 radical (unpaired) electrons. The van der Waals surface area contributed by atoms with E-state index in [0.717, 1.165) is 49.1 Å². The summed E-state index contributed by atoms with van der Waals surface area (Å²) in [5.41, 5.74) is 2.28. The van der Waals surface area contributed by atoms with Gasteiger partial charge in [-0.05, 0) is 52.2 Å². The summed E-state index contributed by atoms with van der Waals surface area (Å²) in [5, 5.41) is 3.38. The molecule has 178 valence electrons. The van der Waals surface area contributed by atoms with E-state index in [0.29, 0.717) is 24.7 Å². The number of aryl methyl sites for hydroxylation is 1. The zero-order valence-electron chi connectivity index (χ0n) is 19.9. The number of ether oxygens (including phenoxy) is 1. The summed E-state index contributed by atoms with van der Waals surface area (Å²) in [5.74, 6) is -0.395. The molecule has 0 spiro atoms. The lowest BCUT2D eigenvalue weighted by Gasteiger charge is -2.33. The molecule has 1 N–H and O–H groups in total. The van der Waals surface area contributed by atoms with Crippen LogP contribution in [0, 0.1) is 6.92 Å². The van der Waals surface area contributed by atoms with E-state index in [9.17, 15) is 14.4 Å². The van der Waals surface area contributed by atoms with Gasteiger partial charge in [-0.1, -0.05) is 0 Å². The first kappa shape index (κ1) is 23.2. The second-order valence-electron chi connectivity index (χ2n) is 9.95. The lowest BCUT2D eigenvalue weighted by molar-refractivity contribution is -0.155. The SMILES string of the molecule is Cc1cn(C2CCN(CCC(=O)OC(C)(C)C)CC2)c2ncc(N3CCC(=O)NC3=O)cc12. The van der Waals surface area contributed by atoms with E-state index in [-0.39, 0.29) is 18.3 Å². The molecule has 2 aliphatic rings. The number of anilines is 1. The zero-order chi connectivity index (χ0) is 23.8. The van der Waals surface area contributed by atoms with E-state index in [2.05, 4.69) is 27.9 Å². The quantitative estimate of drug-likeness (QED) is 0.696. The van der Waals surface area contributed by atoms with Crippen molar-refractivity contribution in [2.45, 2.75) is 65.0 Å². The van der Waals surface area contributed by atoms with Gasteiger partial charge in [-0.3, -0.25) is 19.8 Å². The maximum absolute atomic E-state index is 12.2. The van der Waals surface area contributed by atoms with Crippen molar-refractivity contribution in [2.75, 3.05) is 31.1 Å². The molecule has 2 fully saturated rings. The van der Waals surface area contributed by atoms with Gasteiger partial charge in [0.1, 0.15) is 11.2 Å². The van der Waals surface area contributed by atoms with E-state index in [1.807, 2.05) is 26.8 Å². The van der Waals surface area contributed by atoms with Gasteiger partial charge in [0.15, 0.2) is 0 Å². The van der Waals surface area contributed by atoms with Crippen molar-refractivity contribution in [3.63, 3.8) is 0 Å². The number of fused-ring (bicyclic) bond motifs is 1. The molecule has 0 saturated carbocycles. The minimum absolute atomic E-state index is 0.150. The van der Waals surface area contributed by atoms with E-state index in [4.69, 9.17) is 9.72 Å². The summed E-state index contributed by atoms with van der Waals surface area (Å²) >= 11 is 0. The Bertz CT molecular complexity index is 1060. The van der Waals surface area contributed by atoms with Gasteiger partial charge in [-0.25, -0.2) is 9.78 Å². The molecule has 2 aromatic heterocycles. The molecule has 0 aliphatic carbocycles. The molecule has 4 rings (SSSR count). The highest BCUT2D eigenvalue weighted by molar-refractivity contribution is 6.06. The number of imide groups is 1. The Hall–Kier alpha value is -2.94. The van der Waals surface area contributed by atoms with Crippen molar-refractivity contribution in [1.82, 2.24) is 19.8 Å². The van der Waals surface area contributed by atoms with Gasteiger partial charge in [0.2, 0.25) is 5.91 Å². The molecule has 2 aromatic rings. The van der Waals surface area contributed by atoms with Crippen molar-refractivity contribution in [3.8, 4) is 0 Å². The predicted molar refractivity (Wildman–Crippen MR) is 125 cm³/mol. The first-order valence-electron chi connectivity index (χ1n) is 11.6. The van der Waals surface area contributed by atoms with E-state index < -0.39 is 11.6 Å². The van der Waals surface area contributed by atoms with Crippen molar-refractivity contribution >= 4 is 34.6 Å². The summed E-state index contributed by atoms with van der Waals surface area (Å²) in [7, 11) is 0. The number of esters is 1. The second kappa shape index (κ2) is 9.13. The van der Waals surface area contributed by atoms with Crippen LogP contribution in [0.2, 0.25) is 0 Å². The third-order valence-electron chi connectivity index (χ3n) is 6.22. The number of aromatic nitrogens is 2. The molecule has 0 atom stereocenters. The molecule has 9 nitrogen and oxygen atoms in total. The van der Waals surface area contributed by atoms with Crippen LogP contribution in [0.1, 0.15) is 58.1 Å². The smallest absolute Gasteiger partial charge is 0.328 e. The number of hydrogen-bond acceptors (Lipinski definition) is 6. The topological polar surface area (TPSA) is 96.8 Å². The third-order valence-corrected chi connectivity index (χ3v) is 6.22. The Morgan fingerprint density at radius 2 is 1.94 bits per heavy atom. The summed E-state index contributed by atoms with van der Waals surface area (Å²) in [6, 6.07) is 1.93. The van der Waals surface area contributed by atoms with Crippen LogP contribution in [0.3, 0.4) is 0 Å². The van der Waals surface area contributed by atoms with Crippen LogP contribution in [-0.4, -0.2) is 64.1 Å². The number of urea groups is 1. The minimum Gasteiger partial charge on any atom is -0.460 e. The number of rotatable bonds is 5. The van der Waals surface area contributed by atoms with Crippen molar-refractivity contribution < 1.29 is 19.1 Å². The Labute approximate surface area is 194 Å². The molecule has 3 amide bonds. The first-order chi connectivity index (χ1) is 15.6. The first-order valence-corrected chi connectivity index (χ1v) is 11.6. The molecule has 2 saturated heterocycles. The number of nitrogens with zero attached hydrogens (tertiary/aromatic N) is 4. The highest BCUT2D eigenvalue weighted by atomic mass is 16.6. The van der Waals surface area contributed by atoms with Crippen LogP contribution in [0.5, 0.6) is 0 Å². The number of pyridine rings is 1. The fraction of sp³-hybridized carbons (Fsp3) is 0.583. The predicted octanol–water partition coefficient (Wildman–Crippen LogP) is 3.16.